The lowest BCUT2D eigenvalue weighted by Gasteiger charge is -2.25. The first kappa shape index (κ1) is 13.1. The van der Waals surface area contributed by atoms with E-state index >= 15 is 0 Å². The highest BCUT2D eigenvalue weighted by atomic mass is 32.1. The monoisotopic (exact) mass is 251 g/mol. The molecule has 0 aliphatic heterocycles. The summed E-state index contributed by atoms with van der Waals surface area (Å²) in [5.41, 5.74) is 1.91. The first-order chi connectivity index (χ1) is 7.96. The van der Waals surface area contributed by atoms with Gasteiger partial charge in [0.1, 0.15) is 0 Å². The van der Waals surface area contributed by atoms with Gasteiger partial charge < -0.3 is 5.32 Å². The zero-order valence-corrected chi connectivity index (χ0v) is 12.4. The molecular formula is C15H25NS. The fraction of sp³-hybridized carbons (Fsp3) is 0.733. The molecule has 0 aromatic carbocycles. The Morgan fingerprint density at radius 3 is 2.59 bits per heavy atom. The number of hydrogen-bond acceptors (Lipinski definition) is 2. The van der Waals surface area contributed by atoms with Gasteiger partial charge in [-0.3, -0.25) is 0 Å². The molecule has 1 saturated carbocycles. The summed E-state index contributed by atoms with van der Waals surface area (Å²) in [5.74, 6) is 0. The molecule has 0 saturated heterocycles. The van der Waals surface area contributed by atoms with Crippen molar-refractivity contribution in [2.45, 2.75) is 59.4 Å². The minimum absolute atomic E-state index is 0.424. The number of hydrogen-bond donors (Lipinski definition) is 1. The zero-order valence-electron chi connectivity index (χ0n) is 11.6. The van der Waals surface area contributed by atoms with E-state index in [2.05, 4.69) is 39.1 Å². The first-order valence-electron chi connectivity index (χ1n) is 6.75. The van der Waals surface area contributed by atoms with Gasteiger partial charge in [0, 0.05) is 22.3 Å². The molecule has 1 aliphatic rings. The molecule has 1 heterocycles. The Bertz CT molecular complexity index is 374. The van der Waals surface area contributed by atoms with Crippen LogP contribution in [0.2, 0.25) is 0 Å². The highest BCUT2D eigenvalue weighted by molar-refractivity contribution is 7.12. The fourth-order valence-electron chi connectivity index (χ4n) is 2.19. The minimum Gasteiger partial charge on any atom is -0.313 e. The van der Waals surface area contributed by atoms with Crippen molar-refractivity contribution in [3.63, 3.8) is 0 Å². The molecule has 1 fully saturated rings. The molecule has 0 spiro atoms. The second-order valence-corrected chi connectivity index (χ2v) is 7.62. The average Bonchev–Trinajstić information content (AvgIpc) is 3.00. The van der Waals surface area contributed by atoms with E-state index in [4.69, 9.17) is 0 Å². The number of aryl methyl sites for hydroxylation is 3. The molecule has 96 valence electrons. The van der Waals surface area contributed by atoms with Gasteiger partial charge in [-0.05, 0) is 56.6 Å². The normalized spacial score (nSPS) is 16.5. The average molecular weight is 251 g/mol. The van der Waals surface area contributed by atoms with Crippen molar-refractivity contribution in [1.29, 1.82) is 0 Å². The van der Waals surface area contributed by atoms with Gasteiger partial charge >= 0.3 is 0 Å². The first-order valence-corrected chi connectivity index (χ1v) is 7.57. The second-order valence-electron chi connectivity index (χ2n) is 6.28. The van der Waals surface area contributed by atoms with Crippen LogP contribution >= 0.6 is 11.3 Å². The van der Waals surface area contributed by atoms with E-state index in [1.165, 1.54) is 42.7 Å². The minimum atomic E-state index is 0.424. The lowest BCUT2D eigenvalue weighted by molar-refractivity contribution is 0.314. The van der Waals surface area contributed by atoms with Crippen LogP contribution in [0.3, 0.4) is 0 Å². The van der Waals surface area contributed by atoms with Crippen LogP contribution in [-0.2, 0) is 6.42 Å². The molecule has 1 aromatic rings. The van der Waals surface area contributed by atoms with Crippen molar-refractivity contribution in [3.8, 4) is 0 Å². The van der Waals surface area contributed by atoms with Crippen LogP contribution < -0.4 is 5.32 Å². The van der Waals surface area contributed by atoms with Crippen LogP contribution in [0, 0.1) is 19.3 Å². The molecule has 1 N–H and O–H groups in total. The summed E-state index contributed by atoms with van der Waals surface area (Å²) in [6.45, 7) is 10.4. The summed E-state index contributed by atoms with van der Waals surface area (Å²) < 4.78 is 0. The number of nitrogens with one attached hydrogen (secondary N) is 1. The third-order valence-electron chi connectivity index (χ3n) is 3.62. The number of rotatable bonds is 6. The summed E-state index contributed by atoms with van der Waals surface area (Å²) in [5, 5.41) is 3.66. The van der Waals surface area contributed by atoms with E-state index in [-0.39, 0.29) is 0 Å². The Morgan fingerprint density at radius 2 is 2.06 bits per heavy atom. The molecule has 0 atom stereocenters. The van der Waals surface area contributed by atoms with E-state index in [0.29, 0.717) is 5.41 Å². The predicted octanol–water partition coefficient (Wildman–Crippen LogP) is 4.08. The van der Waals surface area contributed by atoms with Crippen molar-refractivity contribution in [2.24, 2.45) is 5.41 Å². The number of thiophene rings is 1. The highest BCUT2D eigenvalue weighted by Gasteiger charge is 2.25. The lowest BCUT2D eigenvalue weighted by atomic mass is 9.87. The van der Waals surface area contributed by atoms with Crippen molar-refractivity contribution in [3.05, 3.63) is 21.4 Å². The SMILES string of the molecule is Cc1cc(C)c(CCC(C)(C)CNC2CC2)s1. The molecule has 2 rings (SSSR count). The third-order valence-corrected chi connectivity index (χ3v) is 4.83. The predicted molar refractivity (Wildman–Crippen MR) is 76.9 cm³/mol. The molecule has 17 heavy (non-hydrogen) atoms. The van der Waals surface area contributed by atoms with Crippen molar-refractivity contribution in [2.75, 3.05) is 6.54 Å². The summed E-state index contributed by atoms with van der Waals surface area (Å²) in [4.78, 5) is 3.04. The van der Waals surface area contributed by atoms with Crippen molar-refractivity contribution >= 4 is 11.3 Å². The maximum absolute atomic E-state index is 3.66. The summed E-state index contributed by atoms with van der Waals surface area (Å²) in [7, 11) is 0. The second kappa shape index (κ2) is 5.11. The maximum Gasteiger partial charge on any atom is 0.00774 e. The van der Waals surface area contributed by atoms with Gasteiger partial charge in [0.2, 0.25) is 0 Å². The molecule has 0 amide bonds. The molecule has 0 bridgehead atoms. The molecule has 0 radical (unpaired) electrons. The van der Waals surface area contributed by atoms with Crippen LogP contribution in [-0.4, -0.2) is 12.6 Å². The van der Waals surface area contributed by atoms with Crippen LogP contribution in [0.25, 0.3) is 0 Å². The van der Waals surface area contributed by atoms with E-state index in [1.54, 1.807) is 4.88 Å². The third kappa shape index (κ3) is 4.11. The maximum atomic E-state index is 3.66. The molecule has 0 unspecified atom stereocenters. The van der Waals surface area contributed by atoms with Gasteiger partial charge in [-0.2, -0.15) is 0 Å². The Hall–Kier alpha value is -0.340. The lowest BCUT2D eigenvalue weighted by Crippen LogP contribution is -2.31. The molecule has 1 aromatic heterocycles. The summed E-state index contributed by atoms with van der Waals surface area (Å²) in [6, 6.07) is 3.15. The van der Waals surface area contributed by atoms with E-state index in [1.807, 2.05) is 11.3 Å². The van der Waals surface area contributed by atoms with E-state index < -0.39 is 0 Å². The molecular weight excluding hydrogens is 226 g/mol. The van der Waals surface area contributed by atoms with Crippen LogP contribution in [0.4, 0.5) is 0 Å². The van der Waals surface area contributed by atoms with Gasteiger partial charge in [-0.1, -0.05) is 13.8 Å². The Morgan fingerprint density at radius 1 is 1.35 bits per heavy atom. The summed E-state index contributed by atoms with van der Waals surface area (Å²) in [6.07, 6.45) is 5.30. The molecule has 1 nitrogen and oxygen atoms in total. The van der Waals surface area contributed by atoms with Gasteiger partial charge in [0.05, 0.1) is 0 Å². The Labute approximate surface area is 110 Å². The quantitative estimate of drug-likeness (QED) is 0.803. The largest absolute Gasteiger partial charge is 0.313 e. The van der Waals surface area contributed by atoms with Crippen molar-refractivity contribution in [1.82, 2.24) is 5.32 Å². The zero-order chi connectivity index (χ0) is 12.5. The van der Waals surface area contributed by atoms with Crippen molar-refractivity contribution < 1.29 is 0 Å². The fourth-order valence-corrected chi connectivity index (χ4v) is 3.23. The topological polar surface area (TPSA) is 12.0 Å². The molecule has 1 aliphatic carbocycles. The highest BCUT2D eigenvalue weighted by Crippen LogP contribution is 2.29. The standard InChI is InChI=1S/C15H25NS/c1-11-9-12(2)17-14(11)7-8-15(3,4)10-16-13-5-6-13/h9,13,16H,5-8,10H2,1-4H3. The van der Waals surface area contributed by atoms with E-state index in [0.717, 1.165) is 6.04 Å². The smallest absolute Gasteiger partial charge is 0.00774 e. The van der Waals surface area contributed by atoms with Crippen LogP contribution in [0.5, 0.6) is 0 Å². The van der Waals surface area contributed by atoms with Gasteiger partial charge in [-0.25, -0.2) is 0 Å². The summed E-state index contributed by atoms with van der Waals surface area (Å²) >= 11 is 1.97. The van der Waals surface area contributed by atoms with Gasteiger partial charge in [-0.15, -0.1) is 11.3 Å². The van der Waals surface area contributed by atoms with Gasteiger partial charge in [0.15, 0.2) is 0 Å². The van der Waals surface area contributed by atoms with E-state index in [9.17, 15) is 0 Å². The van der Waals surface area contributed by atoms with Crippen LogP contribution in [0.1, 0.15) is 48.4 Å². The Kier molecular flexibility index (Phi) is 3.94. The van der Waals surface area contributed by atoms with Crippen LogP contribution in [0.15, 0.2) is 6.07 Å². The molecule has 2 heteroatoms. The Balaban J connectivity index is 1.80. The van der Waals surface area contributed by atoms with Gasteiger partial charge in [0.25, 0.3) is 0 Å².